The Morgan fingerprint density at radius 3 is 2.38 bits per heavy atom. The average Bonchev–Trinajstić information content (AvgIpc) is 1.82. The van der Waals surface area contributed by atoms with Gasteiger partial charge in [-0.1, -0.05) is 0 Å². The molecule has 0 unspecified atom stereocenters. The highest BCUT2D eigenvalue weighted by atomic mass is 32.2. The summed E-state index contributed by atoms with van der Waals surface area (Å²) in [6.45, 7) is 0. The molecule has 0 amide bonds. The Morgan fingerprint density at radius 2 is 2.25 bits per heavy atom. The molecular weight excluding hydrogens is 131 g/mol. The number of hydrogen-bond acceptors (Lipinski definition) is 2. The Kier molecular flexibility index (Phi) is 1.11. The van der Waals surface area contributed by atoms with Gasteiger partial charge in [-0.25, -0.2) is 12.8 Å². The van der Waals surface area contributed by atoms with Gasteiger partial charge in [0.2, 0.25) is 0 Å². The standard InChI is InChI=1S/C4H5FO2S/c5-4-1-2-8(6,7)3-4/h1H,2-3H2. The van der Waals surface area contributed by atoms with Crippen molar-refractivity contribution in [2.24, 2.45) is 0 Å². The minimum Gasteiger partial charge on any atom is -0.228 e. The molecule has 0 aliphatic carbocycles. The molecule has 0 atom stereocenters. The van der Waals surface area contributed by atoms with Gasteiger partial charge in [0.1, 0.15) is 11.6 Å². The second kappa shape index (κ2) is 1.55. The lowest BCUT2D eigenvalue weighted by molar-refractivity contribution is 0.595. The van der Waals surface area contributed by atoms with Gasteiger partial charge in [0.25, 0.3) is 0 Å². The van der Waals surface area contributed by atoms with Crippen molar-refractivity contribution in [3.8, 4) is 0 Å². The molecule has 0 bridgehead atoms. The summed E-state index contributed by atoms with van der Waals surface area (Å²) in [7, 11) is -3.06. The minimum atomic E-state index is -3.06. The van der Waals surface area contributed by atoms with Gasteiger partial charge >= 0.3 is 0 Å². The van der Waals surface area contributed by atoms with Crippen LogP contribution in [0.25, 0.3) is 0 Å². The van der Waals surface area contributed by atoms with E-state index in [1.807, 2.05) is 0 Å². The van der Waals surface area contributed by atoms with E-state index < -0.39 is 21.4 Å². The van der Waals surface area contributed by atoms with Gasteiger partial charge in [0.15, 0.2) is 9.84 Å². The fourth-order valence-electron chi connectivity index (χ4n) is 0.545. The van der Waals surface area contributed by atoms with Crippen LogP contribution >= 0.6 is 0 Å². The molecule has 0 aromatic heterocycles. The molecule has 1 aliphatic heterocycles. The predicted octanol–water partition coefficient (Wildman–Crippen LogP) is 0.268. The molecule has 0 radical (unpaired) electrons. The molecule has 0 aromatic rings. The number of hydrogen-bond donors (Lipinski definition) is 0. The van der Waals surface area contributed by atoms with Crippen LogP contribution in [0.3, 0.4) is 0 Å². The molecule has 0 saturated carbocycles. The monoisotopic (exact) mass is 136 g/mol. The van der Waals surface area contributed by atoms with E-state index >= 15 is 0 Å². The van der Waals surface area contributed by atoms with Crippen LogP contribution < -0.4 is 0 Å². The van der Waals surface area contributed by atoms with E-state index in [-0.39, 0.29) is 5.75 Å². The maximum atomic E-state index is 11.9. The third kappa shape index (κ3) is 1.06. The topological polar surface area (TPSA) is 34.1 Å². The highest BCUT2D eigenvalue weighted by molar-refractivity contribution is 7.92. The fourth-order valence-corrected chi connectivity index (χ4v) is 1.64. The summed E-state index contributed by atoms with van der Waals surface area (Å²) in [5.41, 5.74) is 0. The van der Waals surface area contributed by atoms with E-state index in [1.165, 1.54) is 0 Å². The van der Waals surface area contributed by atoms with Crippen molar-refractivity contribution in [2.45, 2.75) is 0 Å². The van der Waals surface area contributed by atoms with Gasteiger partial charge in [0.05, 0.1) is 5.75 Å². The Morgan fingerprint density at radius 1 is 1.62 bits per heavy atom. The summed E-state index contributed by atoms with van der Waals surface area (Å²) in [5.74, 6) is -1.05. The SMILES string of the molecule is O=S1(=O)CC=C(F)C1. The highest BCUT2D eigenvalue weighted by Gasteiger charge is 2.18. The van der Waals surface area contributed by atoms with E-state index in [1.54, 1.807) is 0 Å². The number of sulfone groups is 1. The summed E-state index contributed by atoms with van der Waals surface area (Å²) in [6.07, 6.45) is 1.09. The molecule has 8 heavy (non-hydrogen) atoms. The van der Waals surface area contributed by atoms with Crippen molar-refractivity contribution in [2.75, 3.05) is 11.5 Å². The van der Waals surface area contributed by atoms with Crippen molar-refractivity contribution in [1.29, 1.82) is 0 Å². The molecular formula is C4H5FO2S. The Hall–Kier alpha value is -0.380. The van der Waals surface area contributed by atoms with E-state index in [0.29, 0.717) is 0 Å². The van der Waals surface area contributed by atoms with Gasteiger partial charge in [-0.05, 0) is 6.08 Å². The largest absolute Gasteiger partial charge is 0.228 e. The Labute approximate surface area is 46.9 Å². The lowest BCUT2D eigenvalue weighted by atomic mass is 10.6. The van der Waals surface area contributed by atoms with Crippen molar-refractivity contribution >= 4 is 9.84 Å². The zero-order valence-corrected chi connectivity index (χ0v) is 4.91. The first-order valence-corrected chi connectivity index (χ1v) is 3.97. The molecule has 0 saturated heterocycles. The molecule has 0 aromatic carbocycles. The summed E-state index contributed by atoms with van der Waals surface area (Å²) >= 11 is 0. The van der Waals surface area contributed by atoms with Crippen LogP contribution in [0.1, 0.15) is 0 Å². The van der Waals surface area contributed by atoms with Crippen molar-refractivity contribution < 1.29 is 12.8 Å². The maximum Gasteiger partial charge on any atom is 0.160 e. The molecule has 1 aliphatic rings. The molecule has 1 rings (SSSR count). The molecule has 1 heterocycles. The first-order chi connectivity index (χ1) is 3.60. The predicted molar refractivity (Wildman–Crippen MR) is 27.8 cm³/mol. The quantitative estimate of drug-likeness (QED) is 0.479. The second-order valence-corrected chi connectivity index (χ2v) is 3.81. The van der Waals surface area contributed by atoms with Crippen LogP contribution in [-0.4, -0.2) is 19.9 Å². The Balaban J connectivity index is 2.85. The molecule has 0 spiro atoms. The van der Waals surface area contributed by atoms with Gasteiger partial charge in [-0.2, -0.15) is 0 Å². The van der Waals surface area contributed by atoms with Crippen molar-refractivity contribution in [3.63, 3.8) is 0 Å². The van der Waals surface area contributed by atoms with Gasteiger partial charge in [-0.3, -0.25) is 0 Å². The van der Waals surface area contributed by atoms with E-state index in [0.717, 1.165) is 6.08 Å². The number of halogens is 1. The summed E-state index contributed by atoms with van der Waals surface area (Å²) < 4.78 is 32.6. The highest BCUT2D eigenvalue weighted by Crippen LogP contribution is 2.10. The maximum absolute atomic E-state index is 11.9. The van der Waals surface area contributed by atoms with E-state index in [2.05, 4.69) is 0 Å². The molecule has 0 fully saturated rings. The van der Waals surface area contributed by atoms with E-state index in [4.69, 9.17) is 0 Å². The van der Waals surface area contributed by atoms with Gasteiger partial charge < -0.3 is 0 Å². The first-order valence-electron chi connectivity index (χ1n) is 2.15. The van der Waals surface area contributed by atoms with Crippen LogP contribution in [0.2, 0.25) is 0 Å². The zero-order valence-electron chi connectivity index (χ0n) is 4.09. The minimum absolute atomic E-state index is 0.126. The van der Waals surface area contributed by atoms with Crippen LogP contribution in [0.4, 0.5) is 4.39 Å². The van der Waals surface area contributed by atoms with Crippen LogP contribution in [0.15, 0.2) is 11.9 Å². The van der Waals surface area contributed by atoms with Crippen molar-refractivity contribution in [1.82, 2.24) is 0 Å². The average molecular weight is 136 g/mol. The summed E-state index contributed by atoms with van der Waals surface area (Å²) in [6, 6.07) is 0. The summed E-state index contributed by atoms with van der Waals surface area (Å²) in [4.78, 5) is 0. The summed E-state index contributed by atoms with van der Waals surface area (Å²) in [5, 5.41) is 0. The van der Waals surface area contributed by atoms with Gasteiger partial charge in [0, 0.05) is 0 Å². The van der Waals surface area contributed by atoms with E-state index in [9.17, 15) is 12.8 Å². The Bertz CT molecular complexity index is 214. The normalized spacial score (nSPS) is 25.4. The third-order valence-corrected chi connectivity index (χ3v) is 2.31. The smallest absolute Gasteiger partial charge is 0.160 e. The van der Waals surface area contributed by atoms with Crippen molar-refractivity contribution in [3.05, 3.63) is 11.9 Å². The molecule has 46 valence electrons. The van der Waals surface area contributed by atoms with Gasteiger partial charge in [-0.15, -0.1) is 0 Å². The lowest BCUT2D eigenvalue weighted by Gasteiger charge is -1.84. The number of rotatable bonds is 0. The van der Waals surface area contributed by atoms with Crippen LogP contribution in [0, 0.1) is 0 Å². The molecule has 2 nitrogen and oxygen atoms in total. The first kappa shape index (κ1) is 5.75. The van der Waals surface area contributed by atoms with Crippen LogP contribution in [-0.2, 0) is 9.84 Å². The second-order valence-electron chi connectivity index (χ2n) is 1.71. The fraction of sp³-hybridized carbons (Fsp3) is 0.500. The van der Waals surface area contributed by atoms with Crippen LogP contribution in [0.5, 0.6) is 0 Å². The lowest BCUT2D eigenvalue weighted by Crippen LogP contribution is -2.01. The third-order valence-electron chi connectivity index (χ3n) is 0.917. The molecule has 4 heteroatoms. The zero-order chi connectivity index (χ0) is 6.20. The molecule has 0 N–H and O–H groups in total.